The van der Waals surface area contributed by atoms with Gasteiger partial charge in [-0.1, -0.05) is 11.6 Å². The first-order chi connectivity index (χ1) is 20.0. The van der Waals surface area contributed by atoms with E-state index in [0.29, 0.717) is 0 Å². The fourth-order valence-corrected chi connectivity index (χ4v) is 5.12. The van der Waals surface area contributed by atoms with Gasteiger partial charge >= 0.3 is 13.8 Å². The molecular formula is C24H41N2O16P. The Hall–Kier alpha value is -2.06. The van der Waals surface area contributed by atoms with Crippen LogP contribution >= 0.6 is 7.82 Å². The van der Waals surface area contributed by atoms with Crippen molar-refractivity contribution in [2.45, 2.75) is 102 Å². The van der Waals surface area contributed by atoms with Crippen LogP contribution in [0.3, 0.4) is 0 Å². The Morgan fingerprint density at radius 1 is 0.907 bits per heavy atom. The fraction of sp³-hybridized carbons (Fsp3) is 0.792. The summed E-state index contributed by atoms with van der Waals surface area (Å²) >= 11 is 0. The van der Waals surface area contributed by atoms with E-state index in [2.05, 4.69) is 10.6 Å². The van der Waals surface area contributed by atoms with E-state index in [0.717, 1.165) is 26.3 Å². The van der Waals surface area contributed by atoms with Crippen LogP contribution in [0.2, 0.25) is 0 Å². The van der Waals surface area contributed by atoms with Gasteiger partial charge in [0.05, 0.1) is 19.8 Å². The molecule has 2 heterocycles. The maximum atomic E-state index is 12.7. The van der Waals surface area contributed by atoms with Crippen LogP contribution in [0.15, 0.2) is 11.6 Å². The van der Waals surface area contributed by atoms with E-state index in [4.69, 9.17) is 28.0 Å². The Balaban J connectivity index is 2.54. The maximum absolute atomic E-state index is 12.7. The van der Waals surface area contributed by atoms with Gasteiger partial charge in [-0.05, 0) is 20.8 Å². The molecule has 1 unspecified atom stereocenters. The summed E-state index contributed by atoms with van der Waals surface area (Å²) < 4.78 is 45.8. The van der Waals surface area contributed by atoms with Gasteiger partial charge in [-0.3, -0.25) is 18.6 Å². The quantitative estimate of drug-likeness (QED) is 0.0717. The number of carbonyl (C=O) groups is 3. The van der Waals surface area contributed by atoms with Gasteiger partial charge in [0.1, 0.15) is 48.7 Å². The Bertz CT molecular complexity index is 1040. The standard InChI is InChI=1S/C24H41N2O16P/c1-10(2)6-7-37-43(35,36)42-24-17(26-13(5)30)21(38-11(3)22(33)34)20(15(9-28)40-24)41-23-16(25-12(4)29)19(32)18(31)14(8-27)39-23/h6,11,14-21,23-24,27-28,31-32H,7-9H2,1-5H3,(H,25,29)(H,26,30)(H,33,34)(H,35,36)/t11-,14-,15-,16-,17-,18-,19-,20-,21-,23+,24-/m1/s1. The number of hydrogen-bond donors (Lipinski definition) is 8. The van der Waals surface area contributed by atoms with Crippen LogP contribution in [0.1, 0.15) is 34.6 Å². The zero-order valence-electron chi connectivity index (χ0n) is 24.3. The molecule has 43 heavy (non-hydrogen) atoms. The van der Waals surface area contributed by atoms with E-state index in [9.17, 15) is 49.4 Å². The molecule has 2 rings (SSSR count). The number of phosphoric acid groups is 1. The molecule has 2 aliphatic heterocycles. The highest BCUT2D eigenvalue weighted by atomic mass is 31.2. The number of nitrogens with one attached hydrogen (secondary N) is 2. The van der Waals surface area contributed by atoms with Gasteiger partial charge in [0.2, 0.25) is 11.8 Å². The second kappa shape index (κ2) is 16.3. The number of rotatable bonds is 14. The van der Waals surface area contributed by atoms with Crippen molar-refractivity contribution in [3.8, 4) is 0 Å². The molecule has 2 amide bonds. The van der Waals surface area contributed by atoms with Crippen LogP contribution in [0.5, 0.6) is 0 Å². The summed E-state index contributed by atoms with van der Waals surface area (Å²) in [5, 5.41) is 55.2. The minimum Gasteiger partial charge on any atom is -0.479 e. The molecular weight excluding hydrogens is 603 g/mol. The highest BCUT2D eigenvalue weighted by molar-refractivity contribution is 7.47. The van der Waals surface area contributed by atoms with E-state index in [1.807, 2.05) is 0 Å². The van der Waals surface area contributed by atoms with Crippen molar-refractivity contribution >= 4 is 25.6 Å². The average Bonchev–Trinajstić information content (AvgIpc) is 2.89. The molecule has 8 N–H and O–H groups in total. The molecule has 2 fully saturated rings. The van der Waals surface area contributed by atoms with Crippen molar-refractivity contribution in [1.82, 2.24) is 10.6 Å². The number of hydrogen-bond acceptors (Lipinski definition) is 14. The number of aliphatic carboxylic acids is 1. The number of carbonyl (C=O) groups excluding carboxylic acids is 2. The van der Waals surface area contributed by atoms with Crippen molar-refractivity contribution in [3.63, 3.8) is 0 Å². The van der Waals surface area contributed by atoms with Gasteiger partial charge in [-0.2, -0.15) is 0 Å². The second-order valence-electron chi connectivity index (χ2n) is 10.2. The number of phosphoric ester groups is 1. The number of ether oxygens (including phenoxy) is 4. The Kier molecular flexibility index (Phi) is 14.1. The predicted octanol–water partition coefficient (Wildman–Crippen LogP) is -2.50. The summed E-state index contributed by atoms with van der Waals surface area (Å²) in [5.74, 6) is -2.85. The third kappa shape index (κ3) is 10.5. The lowest BCUT2D eigenvalue weighted by Gasteiger charge is -2.49. The van der Waals surface area contributed by atoms with Crippen LogP contribution in [-0.4, -0.2) is 135 Å². The third-order valence-electron chi connectivity index (χ3n) is 6.41. The zero-order valence-corrected chi connectivity index (χ0v) is 25.2. The van der Waals surface area contributed by atoms with Crippen LogP contribution in [-0.2, 0) is 46.9 Å². The first kappa shape index (κ1) is 37.1. The van der Waals surface area contributed by atoms with Crippen LogP contribution < -0.4 is 10.6 Å². The van der Waals surface area contributed by atoms with E-state index in [1.165, 1.54) is 6.08 Å². The number of aliphatic hydroxyl groups is 4. The third-order valence-corrected chi connectivity index (χ3v) is 7.36. The minimum atomic E-state index is -4.90. The lowest BCUT2D eigenvalue weighted by atomic mass is 9.94. The van der Waals surface area contributed by atoms with Gasteiger partial charge in [-0.25, -0.2) is 9.36 Å². The molecule has 0 spiro atoms. The summed E-state index contributed by atoms with van der Waals surface area (Å²) in [7, 11) is -4.90. The van der Waals surface area contributed by atoms with E-state index in [-0.39, 0.29) is 6.61 Å². The van der Waals surface area contributed by atoms with E-state index < -0.39 is 106 Å². The molecule has 2 saturated heterocycles. The summed E-state index contributed by atoms with van der Waals surface area (Å²) in [6, 6.07) is -3.03. The van der Waals surface area contributed by atoms with Gasteiger partial charge in [0.15, 0.2) is 18.7 Å². The normalized spacial score (nSPS) is 34.8. The number of aliphatic hydroxyl groups excluding tert-OH is 4. The molecule has 0 aromatic carbocycles. The summed E-state index contributed by atoms with van der Waals surface area (Å²) in [6.07, 6.45) is -13.2. The van der Waals surface area contributed by atoms with Gasteiger partial charge < -0.3 is 60.0 Å². The van der Waals surface area contributed by atoms with E-state index in [1.54, 1.807) is 13.8 Å². The van der Waals surface area contributed by atoms with E-state index >= 15 is 0 Å². The summed E-state index contributed by atoms with van der Waals surface area (Å²) in [4.78, 5) is 46.1. The summed E-state index contributed by atoms with van der Waals surface area (Å²) in [6.45, 7) is 4.76. The molecule has 0 bridgehead atoms. The molecule has 2 aliphatic rings. The highest BCUT2D eigenvalue weighted by Gasteiger charge is 2.54. The first-order valence-electron chi connectivity index (χ1n) is 13.3. The monoisotopic (exact) mass is 644 g/mol. The second-order valence-corrected chi connectivity index (χ2v) is 11.6. The predicted molar refractivity (Wildman–Crippen MR) is 142 cm³/mol. The smallest absolute Gasteiger partial charge is 0.474 e. The van der Waals surface area contributed by atoms with Crippen molar-refractivity contribution in [2.75, 3.05) is 19.8 Å². The molecule has 0 aromatic heterocycles. The number of carboxylic acid groups (broad SMARTS) is 1. The lowest BCUT2D eigenvalue weighted by Crippen LogP contribution is -2.70. The highest BCUT2D eigenvalue weighted by Crippen LogP contribution is 2.47. The minimum absolute atomic E-state index is 0.331. The number of amides is 2. The summed E-state index contributed by atoms with van der Waals surface area (Å²) in [5.41, 5.74) is 0.769. The Morgan fingerprint density at radius 2 is 1.47 bits per heavy atom. The molecule has 0 saturated carbocycles. The SMILES string of the molecule is CC(=O)N[C@H]1[C@H](O[C@H]2[C@H](O[C@H](C)C(=O)O)[C@@H](NC(C)=O)[C@@H](OP(=O)(O)OCC=C(C)C)O[C@@H]2CO)O[C@H](CO)[C@@H](O)[C@@H]1O. The van der Waals surface area contributed by atoms with Crippen molar-refractivity contribution < 1.29 is 77.4 Å². The first-order valence-corrected chi connectivity index (χ1v) is 14.8. The van der Waals surface area contributed by atoms with Crippen LogP contribution in [0.25, 0.3) is 0 Å². The van der Waals surface area contributed by atoms with Crippen molar-refractivity contribution in [1.29, 1.82) is 0 Å². The van der Waals surface area contributed by atoms with Gasteiger partial charge in [-0.15, -0.1) is 0 Å². The van der Waals surface area contributed by atoms with Gasteiger partial charge in [0.25, 0.3) is 0 Å². The molecule has 0 aromatic rings. The fourth-order valence-electron chi connectivity index (χ4n) is 4.35. The average molecular weight is 645 g/mol. The maximum Gasteiger partial charge on any atom is 0.474 e. The number of allylic oxidation sites excluding steroid dienone is 1. The lowest BCUT2D eigenvalue weighted by molar-refractivity contribution is -0.331. The van der Waals surface area contributed by atoms with Crippen LogP contribution in [0, 0.1) is 0 Å². The topological polar surface area (TPSA) is 269 Å². The molecule has 19 heteroatoms. The van der Waals surface area contributed by atoms with Crippen LogP contribution in [0.4, 0.5) is 0 Å². The molecule has 0 radical (unpaired) electrons. The molecule has 18 nitrogen and oxygen atoms in total. The zero-order chi connectivity index (χ0) is 32.6. The molecule has 12 atom stereocenters. The van der Waals surface area contributed by atoms with Gasteiger partial charge in [0, 0.05) is 13.8 Å². The molecule has 248 valence electrons. The van der Waals surface area contributed by atoms with Crippen molar-refractivity contribution in [2.24, 2.45) is 0 Å². The Labute approximate surface area is 247 Å². The molecule has 0 aliphatic carbocycles. The Morgan fingerprint density at radius 3 is 1.98 bits per heavy atom. The largest absolute Gasteiger partial charge is 0.479 e. The van der Waals surface area contributed by atoms with Crippen molar-refractivity contribution in [3.05, 3.63) is 11.6 Å². The number of carboxylic acids is 1.